The van der Waals surface area contributed by atoms with Crippen molar-refractivity contribution < 1.29 is 17.9 Å². The van der Waals surface area contributed by atoms with Gasteiger partial charge in [-0.3, -0.25) is 0 Å². The molecule has 0 spiro atoms. The third-order valence-electron chi connectivity index (χ3n) is 3.28. The highest BCUT2D eigenvalue weighted by Crippen LogP contribution is 2.28. The van der Waals surface area contributed by atoms with Gasteiger partial charge in [0, 0.05) is 12.3 Å². The molecule has 0 aliphatic heterocycles. The summed E-state index contributed by atoms with van der Waals surface area (Å²) in [6, 6.07) is 15.0. The van der Waals surface area contributed by atoms with Gasteiger partial charge in [-0.2, -0.15) is 13.2 Å². The molecule has 2 aromatic heterocycles. The number of ether oxygens (including phenoxy) is 1. The van der Waals surface area contributed by atoms with Crippen LogP contribution in [0.3, 0.4) is 0 Å². The molecule has 0 amide bonds. The molecule has 1 aromatic carbocycles. The first-order chi connectivity index (χ1) is 12.5. The Morgan fingerprint density at radius 3 is 2.19 bits per heavy atom. The maximum absolute atomic E-state index is 12.5. The van der Waals surface area contributed by atoms with Crippen LogP contribution in [0.1, 0.15) is 22.5 Å². The third kappa shape index (κ3) is 4.80. The Bertz CT molecular complexity index is 913. The van der Waals surface area contributed by atoms with Crippen molar-refractivity contribution >= 4 is 0 Å². The maximum atomic E-state index is 12.5. The van der Waals surface area contributed by atoms with E-state index in [0.717, 1.165) is 17.8 Å². The lowest BCUT2D eigenvalue weighted by Gasteiger charge is -2.04. The second kappa shape index (κ2) is 7.66. The van der Waals surface area contributed by atoms with Crippen molar-refractivity contribution in [3.05, 3.63) is 83.3 Å². The average Bonchev–Trinajstić information content (AvgIpc) is 2.66. The van der Waals surface area contributed by atoms with Crippen molar-refractivity contribution in [2.24, 2.45) is 0 Å². The Kier molecular flexibility index (Phi) is 5.13. The number of hydrogen-bond donors (Lipinski definition) is 0. The lowest BCUT2D eigenvalue weighted by molar-refractivity contribution is -0.137. The van der Waals surface area contributed by atoms with Gasteiger partial charge in [0.05, 0.1) is 5.56 Å². The van der Waals surface area contributed by atoms with E-state index in [1.165, 1.54) is 6.07 Å². The first-order valence-corrected chi connectivity index (χ1v) is 7.56. The molecule has 0 aliphatic rings. The molecule has 0 bridgehead atoms. The molecule has 0 N–H and O–H groups in total. The Balaban J connectivity index is 1.62. The molecule has 0 aliphatic carbocycles. The van der Waals surface area contributed by atoms with Crippen LogP contribution in [-0.4, -0.2) is 15.2 Å². The summed E-state index contributed by atoms with van der Waals surface area (Å²) in [6.07, 6.45) is -3.67. The maximum Gasteiger partial charge on any atom is 0.417 e. The number of alkyl halides is 3. The van der Waals surface area contributed by atoms with Crippen molar-refractivity contribution in [3.8, 4) is 17.7 Å². The van der Waals surface area contributed by atoms with Crippen LogP contribution in [0.25, 0.3) is 0 Å². The van der Waals surface area contributed by atoms with E-state index >= 15 is 0 Å². The van der Waals surface area contributed by atoms with E-state index < -0.39 is 11.7 Å². The van der Waals surface area contributed by atoms with Crippen LogP contribution in [0.5, 0.6) is 5.88 Å². The van der Waals surface area contributed by atoms with Gasteiger partial charge < -0.3 is 4.74 Å². The highest BCUT2D eigenvalue weighted by Gasteiger charge is 2.30. The van der Waals surface area contributed by atoms with Crippen molar-refractivity contribution in [2.45, 2.75) is 12.8 Å². The van der Waals surface area contributed by atoms with E-state index in [2.05, 4.69) is 27.0 Å². The predicted molar refractivity (Wildman–Crippen MR) is 88.0 cm³/mol. The Morgan fingerprint density at radius 1 is 0.846 bits per heavy atom. The second-order valence-corrected chi connectivity index (χ2v) is 5.21. The Morgan fingerprint density at radius 2 is 1.58 bits per heavy atom. The van der Waals surface area contributed by atoms with Gasteiger partial charge in [-0.15, -0.1) is 10.2 Å². The smallest absolute Gasteiger partial charge is 0.417 e. The molecule has 0 radical (unpaired) electrons. The van der Waals surface area contributed by atoms with Crippen molar-refractivity contribution in [3.63, 3.8) is 0 Å². The standard InChI is InChI=1S/C19H12F3N3O/c20-19(21,22)15-6-7-16(23-12-15)8-9-17-10-11-18(25-24-17)26-13-14-4-2-1-3-5-14/h1-7,10-12H,13H2. The SMILES string of the molecule is FC(F)(F)c1ccc(C#Cc2ccc(OCc3ccccc3)nn2)nc1. The fraction of sp³-hybridized carbons (Fsp3) is 0.105. The number of aromatic nitrogens is 3. The highest BCUT2D eigenvalue weighted by molar-refractivity contribution is 5.37. The van der Waals surface area contributed by atoms with E-state index in [1.807, 2.05) is 30.3 Å². The first kappa shape index (κ1) is 17.4. The Labute approximate surface area is 147 Å². The van der Waals surface area contributed by atoms with Crippen LogP contribution < -0.4 is 4.74 Å². The summed E-state index contributed by atoms with van der Waals surface area (Å²) in [5.74, 6) is 5.70. The van der Waals surface area contributed by atoms with Crippen molar-refractivity contribution in [1.82, 2.24) is 15.2 Å². The zero-order valence-corrected chi connectivity index (χ0v) is 13.4. The van der Waals surface area contributed by atoms with E-state index in [4.69, 9.17) is 4.74 Å². The van der Waals surface area contributed by atoms with Gasteiger partial charge in [0.25, 0.3) is 0 Å². The van der Waals surface area contributed by atoms with Gasteiger partial charge in [-0.1, -0.05) is 30.3 Å². The third-order valence-corrected chi connectivity index (χ3v) is 3.28. The summed E-state index contributed by atoms with van der Waals surface area (Å²) in [6.45, 7) is 0.371. The molecule has 0 saturated carbocycles. The minimum atomic E-state index is -4.42. The summed E-state index contributed by atoms with van der Waals surface area (Å²) in [4.78, 5) is 3.67. The van der Waals surface area contributed by atoms with Crippen molar-refractivity contribution in [1.29, 1.82) is 0 Å². The zero-order valence-electron chi connectivity index (χ0n) is 13.4. The van der Waals surface area contributed by atoms with Crippen LogP contribution in [-0.2, 0) is 12.8 Å². The van der Waals surface area contributed by atoms with Gasteiger partial charge in [-0.25, -0.2) is 4.98 Å². The molecule has 0 fully saturated rings. The molecule has 3 rings (SSSR count). The molecule has 130 valence electrons. The summed E-state index contributed by atoms with van der Waals surface area (Å²) < 4.78 is 42.9. The zero-order chi connectivity index (χ0) is 18.4. The summed E-state index contributed by atoms with van der Waals surface area (Å²) in [5.41, 5.74) is 0.761. The minimum absolute atomic E-state index is 0.212. The number of nitrogens with zero attached hydrogens (tertiary/aromatic N) is 3. The molecule has 26 heavy (non-hydrogen) atoms. The lowest BCUT2D eigenvalue weighted by Crippen LogP contribution is -2.05. The molecule has 0 saturated heterocycles. The predicted octanol–water partition coefficient (Wildman–Crippen LogP) is 3.87. The number of benzene rings is 1. The second-order valence-electron chi connectivity index (χ2n) is 5.21. The summed E-state index contributed by atoms with van der Waals surface area (Å²) in [5, 5.41) is 7.82. The summed E-state index contributed by atoms with van der Waals surface area (Å²) in [7, 11) is 0. The number of pyridine rings is 1. The first-order valence-electron chi connectivity index (χ1n) is 7.56. The minimum Gasteiger partial charge on any atom is -0.472 e. The molecule has 0 atom stereocenters. The molecule has 3 aromatic rings. The van der Waals surface area contributed by atoms with Crippen LogP contribution in [0.2, 0.25) is 0 Å². The molecular formula is C19H12F3N3O. The molecule has 4 nitrogen and oxygen atoms in total. The number of rotatable bonds is 3. The monoisotopic (exact) mass is 355 g/mol. The van der Waals surface area contributed by atoms with Crippen LogP contribution in [0.15, 0.2) is 60.8 Å². The van der Waals surface area contributed by atoms with E-state index in [-0.39, 0.29) is 5.69 Å². The molecule has 7 heteroatoms. The fourth-order valence-corrected chi connectivity index (χ4v) is 1.96. The molecule has 2 heterocycles. The average molecular weight is 355 g/mol. The van der Waals surface area contributed by atoms with Gasteiger partial charge in [0.2, 0.25) is 5.88 Å². The fourth-order valence-electron chi connectivity index (χ4n) is 1.96. The molecular weight excluding hydrogens is 343 g/mol. The lowest BCUT2D eigenvalue weighted by atomic mass is 10.2. The van der Waals surface area contributed by atoms with E-state index in [0.29, 0.717) is 18.2 Å². The van der Waals surface area contributed by atoms with Gasteiger partial charge in [0.1, 0.15) is 18.0 Å². The van der Waals surface area contributed by atoms with Gasteiger partial charge >= 0.3 is 6.18 Å². The summed E-state index contributed by atoms with van der Waals surface area (Å²) >= 11 is 0. The van der Waals surface area contributed by atoms with E-state index in [9.17, 15) is 13.2 Å². The van der Waals surface area contributed by atoms with Crippen LogP contribution in [0.4, 0.5) is 13.2 Å². The highest BCUT2D eigenvalue weighted by atomic mass is 19.4. The van der Waals surface area contributed by atoms with Crippen LogP contribution >= 0.6 is 0 Å². The van der Waals surface area contributed by atoms with Crippen molar-refractivity contribution in [2.75, 3.05) is 0 Å². The molecule has 0 unspecified atom stereocenters. The number of hydrogen-bond acceptors (Lipinski definition) is 4. The number of halogens is 3. The van der Waals surface area contributed by atoms with Gasteiger partial charge in [0.15, 0.2) is 0 Å². The van der Waals surface area contributed by atoms with E-state index in [1.54, 1.807) is 12.1 Å². The Hall–Kier alpha value is -3.40. The topological polar surface area (TPSA) is 47.9 Å². The quantitative estimate of drug-likeness (QED) is 0.669. The van der Waals surface area contributed by atoms with Gasteiger partial charge in [-0.05, 0) is 35.6 Å². The normalized spacial score (nSPS) is 10.7. The van der Waals surface area contributed by atoms with Crippen LogP contribution in [0, 0.1) is 11.8 Å². The largest absolute Gasteiger partial charge is 0.472 e.